The molecule has 1 N–H and O–H groups in total. The van der Waals surface area contributed by atoms with Gasteiger partial charge in [-0.3, -0.25) is 0 Å². The number of aromatic nitrogens is 1. The Balaban J connectivity index is 2.34. The van der Waals surface area contributed by atoms with Gasteiger partial charge in [0, 0.05) is 19.3 Å². The van der Waals surface area contributed by atoms with Crippen LogP contribution in [-0.4, -0.2) is 29.3 Å². The van der Waals surface area contributed by atoms with Gasteiger partial charge in [0.1, 0.15) is 5.82 Å². The molecule has 3 nitrogen and oxygen atoms in total. The van der Waals surface area contributed by atoms with Crippen molar-refractivity contribution in [2.45, 2.75) is 18.7 Å². The Bertz CT molecular complexity index is 381. The lowest BCUT2D eigenvalue weighted by atomic mass is 10.2. The molecule has 1 aliphatic heterocycles. The van der Waals surface area contributed by atoms with E-state index >= 15 is 0 Å². The molecule has 0 saturated carbocycles. The van der Waals surface area contributed by atoms with Crippen LogP contribution in [0.1, 0.15) is 12.0 Å². The molecule has 88 valence electrons. The Morgan fingerprint density at radius 2 is 2.19 bits per heavy atom. The van der Waals surface area contributed by atoms with E-state index in [4.69, 9.17) is 0 Å². The van der Waals surface area contributed by atoms with Gasteiger partial charge in [-0.2, -0.15) is 13.2 Å². The van der Waals surface area contributed by atoms with Crippen molar-refractivity contribution in [2.24, 2.45) is 0 Å². The third-order valence-corrected chi connectivity index (χ3v) is 2.55. The number of alkyl halides is 3. The predicted molar refractivity (Wildman–Crippen MR) is 52.1 cm³/mol. The SMILES string of the molecule is O[C@@H]1CCN(c2ncccc2C(F)(F)F)C1. The van der Waals surface area contributed by atoms with Gasteiger partial charge in [-0.05, 0) is 18.6 Å². The van der Waals surface area contributed by atoms with Crippen LogP contribution in [0.15, 0.2) is 18.3 Å². The Kier molecular flexibility index (Phi) is 2.75. The Morgan fingerprint density at radius 1 is 1.44 bits per heavy atom. The average molecular weight is 232 g/mol. The molecule has 1 aromatic heterocycles. The third kappa shape index (κ3) is 2.11. The Morgan fingerprint density at radius 3 is 2.75 bits per heavy atom. The molecule has 16 heavy (non-hydrogen) atoms. The van der Waals surface area contributed by atoms with E-state index in [1.165, 1.54) is 17.2 Å². The molecule has 1 fully saturated rings. The van der Waals surface area contributed by atoms with E-state index in [9.17, 15) is 18.3 Å². The molecule has 0 radical (unpaired) electrons. The molecular formula is C10H11F3N2O. The number of rotatable bonds is 1. The topological polar surface area (TPSA) is 36.4 Å². The Hall–Kier alpha value is -1.30. The van der Waals surface area contributed by atoms with Crippen LogP contribution < -0.4 is 4.90 Å². The molecule has 0 bridgehead atoms. The monoisotopic (exact) mass is 232 g/mol. The van der Waals surface area contributed by atoms with Crippen LogP contribution in [0.2, 0.25) is 0 Å². The summed E-state index contributed by atoms with van der Waals surface area (Å²) in [5, 5.41) is 9.30. The number of hydrogen-bond acceptors (Lipinski definition) is 3. The second kappa shape index (κ2) is 3.93. The van der Waals surface area contributed by atoms with Crippen molar-refractivity contribution < 1.29 is 18.3 Å². The summed E-state index contributed by atoms with van der Waals surface area (Å²) in [5.41, 5.74) is -0.746. The molecule has 0 aliphatic carbocycles. The van der Waals surface area contributed by atoms with E-state index in [1.807, 2.05) is 0 Å². The summed E-state index contributed by atoms with van der Waals surface area (Å²) in [6.07, 6.45) is -3.16. The lowest BCUT2D eigenvalue weighted by Crippen LogP contribution is -2.25. The van der Waals surface area contributed by atoms with Gasteiger partial charge in [0.05, 0.1) is 11.7 Å². The van der Waals surface area contributed by atoms with Gasteiger partial charge in [0.25, 0.3) is 0 Å². The maximum atomic E-state index is 12.7. The summed E-state index contributed by atoms with van der Waals surface area (Å²) < 4.78 is 38.0. The van der Waals surface area contributed by atoms with Crippen molar-refractivity contribution in [3.8, 4) is 0 Å². The minimum absolute atomic E-state index is 0.0912. The van der Waals surface area contributed by atoms with Gasteiger partial charge < -0.3 is 10.0 Å². The minimum atomic E-state index is -4.41. The summed E-state index contributed by atoms with van der Waals surface area (Å²) in [7, 11) is 0. The van der Waals surface area contributed by atoms with Crippen LogP contribution in [0, 0.1) is 0 Å². The van der Waals surface area contributed by atoms with Crippen LogP contribution in [0.5, 0.6) is 0 Å². The number of aliphatic hydroxyl groups excluding tert-OH is 1. The van der Waals surface area contributed by atoms with Crippen LogP contribution >= 0.6 is 0 Å². The number of halogens is 3. The first-order valence-electron chi connectivity index (χ1n) is 4.93. The molecular weight excluding hydrogens is 221 g/mol. The molecule has 2 heterocycles. The normalized spacial score (nSPS) is 21.5. The lowest BCUT2D eigenvalue weighted by molar-refractivity contribution is -0.137. The quantitative estimate of drug-likeness (QED) is 0.800. The second-order valence-electron chi connectivity index (χ2n) is 3.76. The smallest absolute Gasteiger partial charge is 0.391 e. The molecule has 1 atom stereocenters. The van der Waals surface area contributed by atoms with Gasteiger partial charge in [0.2, 0.25) is 0 Å². The van der Waals surface area contributed by atoms with Crippen molar-refractivity contribution in [3.05, 3.63) is 23.9 Å². The number of β-amino-alcohol motifs (C(OH)–C–C–N with tert-alkyl or cyclic N) is 1. The molecule has 6 heteroatoms. The van der Waals surface area contributed by atoms with E-state index in [0.29, 0.717) is 13.0 Å². The molecule has 1 saturated heterocycles. The number of aliphatic hydroxyl groups is 1. The zero-order valence-electron chi connectivity index (χ0n) is 8.41. The number of hydrogen-bond donors (Lipinski definition) is 1. The van der Waals surface area contributed by atoms with E-state index < -0.39 is 17.8 Å². The van der Waals surface area contributed by atoms with Crippen molar-refractivity contribution in [1.82, 2.24) is 4.98 Å². The van der Waals surface area contributed by atoms with E-state index in [0.717, 1.165) is 6.07 Å². The maximum Gasteiger partial charge on any atom is 0.419 e. The van der Waals surface area contributed by atoms with Crippen LogP contribution in [-0.2, 0) is 6.18 Å². The maximum absolute atomic E-state index is 12.7. The molecule has 0 amide bonds. The molecule has 1 aliphatic rings. The fourth-order valence-electron chi connectivity index (χ4n) is 1.80. The first-order valence-corrected chi connectivity index (χ1v) is 4.93. The number of pyridine rings is 1. The average Bonchev–Trinajstić information content (AvgIpc) is 2.64. The first kappa shape index (κ1) is 11.2. The molecule has 0 unspecified atom stereocenters. The summed E-state index contributed by atoms with van der Waals surface area (Å²) in [5.74, 6) is -0.0912. The fourth-order valence-corrected chi connectivity index (χ4v) is 1.80. The molecule has 0 aromatic carbocycles. The van der Waals surface area contributed by atoms with Crippen molar-refractivity contribution in [3.63, 3.8) is 0 Å². The second-order valence-corrected chi connectivity index (χ2v) is 3.76. The molecule has 2 rings (SSSR count). The summed E-state index contributed by atoms with van der Waals surface area (Å²) in [6.45, 7) is 0.612. The minimum Gasteiger partial charge on any atom is -0.391 e. The predicted octanol–water partition coefficient (Wildman–Crippen LogP) is 1.67. The van der Waals surface area contributed by atoms with Gasteiger partial charge in [0.15, 0.2) is 0 Å². The van der Waals surface area contributed by atoms with Gasteiger partial charge in [-0.1, -0.05) is 0 Å². The third-order valence-electron chi connectivity index (χ3n) is 2.55. The first-order chi connectivity index (χ1) is 7.48. The van der Waals surface area contributed by atoms with E-state index in [2.05, 4.69) is 4.98 Å². The van der Waals surface area contributed by atoms with Crippen LogP contribution in [0.25, 0.3) is 0 Å². The van der Waals surface area contributed by atoms with Crippen LogP contribution in [0.3, 0.4) is 0 Å². The van der Waals surface area contributed by atoms with Gasteiger partial charge in [-0.15, -0.1) is 0 Å². The summed E-state index contributed by atoms with van der Waals surface area (Å²) in [6, 6.07) is 2.27. The molecule has 0 spiro atoms. The van der Waals surface area contributed by atoms with E-state index in [1.54, 1.807) is 0 Å². The fraction of sp³-hybridized carbons (Fsp3) is 0.500. The highest BCUT2D eigenvalue weighted by Crippen LogP contribution is 2.36. The molecule has 1 aromatic rings. The van der Waals surface area contributed by atoms with Crippen molar-refractivity contribution in [1.29, 1.82) is 0 Å². The standard InChI is InChI=1S/C10H11F3N2O/c11-10(12,13)8-2-1-4-14-9(8)15-5-3-7(16)6-15/h1-2,4,7,16H,3,5-6H2/t7-/m1/s1. The van der Waals surface area contributed by atoms with Crippen molar-refractivity contribution in [2.75, 3.05) is 18.0 Å². The zero-order chi connectivity index (χ0) is 11.8. The zero-order valence-corrected chi connectivity index (χ0v) is 8.41. The largest absolute Gasteiger partial charge is 0.419 e. The van der Waals surface area contributed by atoms with E-state index in [-0.39, 0.29) is 12.4 Å². The summed E-state index contributed by atoms with van der Waals surface area (Å²) >= 11 is 0. The number of anilines is 1. The number of nitrogens with zero attached hydrogens (tertiary/aromatic N) is 2. The summed E-state index contributed by atoms with van der Waals surface area (Å²) in [4.78, 5) is 5.22. The Labute approximate surface area is 90.5 Å². The highest BCUT2D eigenvalue weighted by Gasteiger charge is 2.36. The highest BCUT2D eigenvalue weighted by atomic mass is 19.4. The van der Waals surface area contributed by atoms with Gasteiger partial charge >= 0.3 is 6.18 Å². The van der Waals surface area contributed by atoms with Crippen LogP contribution in [0.4, 0.5) is 19.0 Å². The van der Waals surface area contributed by atoms with Gasteiger partial charge in [-0.25, -0.2) is 4.98 Å². The van der Waals surface area contributed by atoms with Crippen molar-refractivity contribution >= 4 is 5.82 Å². The lowest BCUT2D eigenvalue weighted by Gasteiger charge is -2.20. The highest BCUT2D eigenvalue weighted by molar-refractivity contribution is 5.49.